The molecule has 1 aromatic rings. The van der Waals surface area contributed by atoms with Crippen LogP contribution >= 0.6 is 27.7 Å². The molecule has 16 heavy (non-hydrogen) atoms. The highest BCUT2D eigenvalue weighted by Crippen LogP contribution is 2.29. The Morgan fingerprint density at radius 1 is 1.50 bits per heavy atom. The van der Waals surface area contributed by atoms with E-state index in [0.29, 0.717) is 0 Å². The highest BCUT2D eigenvalue weighted by molar-refractivity contribution is 9.10. The lowest BCUT2D eigenvalue weighted by Gasteiger charge is -2.15. The summed E-state index contributed by atoms with van der Waals surface area (Å²) >= 11 is 5.20. The van der Waals surface area contributed by atoms with Gasteiger partial charge in [-0.1, -0.05) is 27.7 Å². The van der Waals surface area contributed by atoms with Gasteiger partial charge in [0, 0.05) is 16.8 Å². The number of halogens is 1. The van der Waals surface area contributed by atoms with Gasteiger partial charge in [-0.2, -0.15) is 0 Å². The second-order valence-corrected chi connectivity index (χ2v) is 5.36. The zero-order chi connectivity index (χ0) is 11.4. The zero-order valence-corrected chi connectivity index (χ0v) is 11.4. The fraction of sp³-hybridized carbons (Fsp3) is 0.364. The Labute approximate surface area is 108 Å². The lowest BCUT2D eigenvalue weighted by Crippen LogP contribution is -2.13. The summed E-state index contributed by atoms with van der Waals surface area (Å²) in [4.78, 5) is 4.43. The van der Waals surface area contributed by atoms with E-state index in [-0.39, 0.29) is 0 Å². The van der Waals surface area contributed by atoms with E-state index in [2.05, 4.69) is 26.2 Å². The van der Waals surface area contributed by atoms with Gasteiger partial charge in [-0.15, -0.1) is 0 Å². The van der Waals surface area contributed by atoms with Crippen molar-refractivity contribution in [3.05, 3.63) is 22.7 Å². The Balaban J connectivity index is 2.18. The minimum atomic E-state index is 0.831. The maximum absolute atomic E-state index is 5.29. The van der Waals surface area contributed by atoms with Crippen LogP contribution in [-0.2, 0) is 0 Å². The Kier molecular flexibility index (Phi) is 4.12. The SMILES string of the molecule is COc1ccc(Br)cc1NC1=NCCCS1. The first kappa shape index (κ1) is 11.8. The van der Waals surface area contributed by atoms with E-state index in [9.17, 15) is 0 Å². The summed E-state index contributed by atoms with van der Waals surface area (Å²) in [5, 5.41) is 4.27. The van der Waals surface area contributed by atoms with Gasteiger partial charge in [0.25, 0.3) is 0 Å². The lowest BCUT2D eigenvalue weighted by atomic mass is 10.3. The summed E-state index contributed by atoms with van der Waals surface area (Å²) in [6.45, 7) is 0.908. The van der Waals surface area contributed by atoms with Crippen LogP contribution in [0.15, 0.2) is 27.7 Å². The number of thioether (sulfide) groups is 1. The lowest BCUT2D eigenvalue weighted by molar-refractivity contribution is 0.417. The molecule has 0 radical (unpaired) electrons. The van der Waals surface area contributed by atoms with E-state index < -0.39 is 0 Å². The number of benzene rings is 1. The average molecular weight is 301 g/mol. The first-order valence-electron chi connectivity index (χ1n) is 5.07. The average Bonchev–Trinajstić information content (AvgIpc) is 2.31. The van der Waals surface area contributed by atoms with Gasteiger partial charge in [-0.05, 0) is 24.6 Å². The molecule has 0 aromatic heterocycles. The van der Waals surface area contributed by atoms with E-state index in [0.717, 1.165) is 39.8 Å². The molecular formula is C11H13BrN2OS. The number of rotatable bonds is 2. The number of hydrogen-bond donors (Lipinski definition) is 1. The molecule has 5 heteroatoms. The van der Waals surface area contributed by atoms with E-state index >= 15 is 0 Å². The summed E-state index contributed by atoms with van der Waals surface area (Å²) in [5.41, 5.74) is 0.949. The summed E-state index contributed by atoms with van der Waals surface area (Å²) in [6.07, 6.45) is 1.16. The molecule has 1 aliphatic heterocycles. The van der Waals surface area contributed by atoms with E-state index in [1.54, 1.807) is 18.9 Å². The molecule has 86 valence electrons. The third-order valence-corrected chi connectivity index (χ3v) is 3.69. The van der Waals surface area contributed by atoms with E-state index in [1.165, 1.54) is 0 Å². The minimum Gasteiger partial charge on any atom is -0.495 e. The fourth-order valence-electron chi connectivity index (χ4n) is 1.43. The monoisotopic (exact) mass is 300 g/mol. The van der Waals surface area contributed by atoms with E-state index in [1.807, 2.05) is 18.2 Å². The molecule has 0 amide bonds. The van der Waals surface area contributed by atoms with Gasteiger partial charge in [0.05, 0.1) is 12.8 Å². The molecule has 1 N–H and O–H groups in total. The Morgan fingerprint density at radius 3 is 3.06 bits per heavy atom. The maximum Gasteiger partial charge on any atom is 0.161 e. The highest BCUT2D eigenvalue weighted by atomic mass is 79.9. The Bertz CT molecular complexity index is 409. The second-order valence-electron chi connectivity index (χ2n) is 3.36. The molecule has 0 bridgehead atoms. The van der Waals surface area contributed by atoms with Gasteiger partial charge < -0.3 is 10.1 Å². The fourth-order valence-corrected chi connectivity index (χ4v) is 2.62. The van der Waals surface area contributed by atoms with Crippen LogP contribution < -0.4 is 10.1 Å². The first-order chi connectivity index (χ1) is 7.79. The summed E-state index contributed by atoms with van der Waals surface area (Å²) < 4.78 is 6.32. The number of nitrogens with zero attached hydrogens (tertiary/aromatic N) is 1. The van der Waals surface area contributed by atoms with Gasteiger partial charge in [0.15, 0.2) is 5.17 Å². The van der Waals surface area contributed by atoms with Crippen LogP contribution in [-0.4, -0.2) is 24.6 Å². The molecule has 0 aliphatic carbocycles. The van der Waals surface area contributed by atoms with Gasteiger partial charge in [0.1, 0.15) is 5.75 Å². The van der Waals surface area contributed by atoms with Crippen molar-refractivity contribution in [3.63, 3.8) is 0 Å². The van der Waals surface area contributed by atoms with Crippen LogP contribution in [0.4, 0.5) is 5.69 Å². The zero-order valence-electron chi connectivity index (χ0n) is 9.00. The number of aliphatic imine (C=N–C) groups is 1. The number of hydrogen-bond acceptors (Lipinski definition) is 4. The highest BCUT2D eigenvalue weighted by Gasteiger charge is 2.09. The summed E-state index contributed by atoms with van der Waals surface area (Å²) in [5.74, 6) is 1.96. The van der Waals surface area contributed by atoms with Crippen molar-refractivity contribution in [2.24, 2.45) is 4.99 Å². The van der Waals surface area contributed by atoms with Gasteiger partial charge in [-0.3, -0.25) is 4.99 Å². The number of anilines is 1. The number of nitrogens with one attached hydrogen (secondary N) is 1. The number of methoxy groups -OCH3 is 1. The van der Waals surface area contributed by atoms with E-state index in [4.69, 9.17) is 4.74 Å². The van der Waals surface area contributed by atoms with Crippen LogP contribution in [0.2, 0.25) is 0 Å². The molecule has 0 atom stereocenters. The van der Waals surface area contributed by atoms with Crippen molar-refractivity contribution in [3.8, 4) is 5.75 Å². The topological polar surface area (TPSA) is 33.6 Å². The third kappa shape index (κ3) is 2.92. The van der Waals surface area contributed by atoms with Crippen LogP contribution in [0.5, 0.6) is 5.75 Å². The molecule has 0 unspecified atom stereocenters. The predicted octanol–water partition coefficient (Wildman–Crippen LogP) is 3.36. The molecule has 0 saturated heterocycles. The van der Waals surface area contributed by atoms with Crippen LogP contribution in [0.1, 0.15) is 6.42 Å². The molecule has 0 spiro atoms. The Hall–Kier alpha value is -0.680. The largest absolute Gasteiger partial charge is 0.495 e. The molecule has 0 fully saturated rings. The smallest absolute Gasteiger partial charge is 0.161 e. The van der Waals surface area contributed by atoms with Crippen molar-refractivity contribution in [2.75, 3.05) is 24.7 Å². The number of ether oxygens (including phenoxy) is 1. The molecule has 1 heterocycles. The molecule has 0 saturated carbocycles. The van der Waals surface area contributed by atoms with Crippen molar-refractivity contribution in [2.45, 2.75) is 6.42 Å². The van der Waals surface area contributed by atoms with Crippen LogP contribution in [0.3, 0.4) is 0 Å². The first-order valence-corrected chi connectivity index (χ1v) is 6.85. The molecule has 1 aliphatic rings. The van der Waals surface area contributed by atoms with Gasteiger partial charge in [-0.25, -0.2) is 0 Å². The van der Waals surface area contributed by atoms with Crippen molar-refractivity contribution in [1.29, 1.82) is 0 Å². The molecular weight excluding hydrogens is 288 g/mol. The van der Waals surface area contributed by atoms with Crippen LogP contribution in [0, 0.1) is 0 Å². The quantitative estimate of drug-likeness (QED) is 0.909. The third-order valence-electron chi connectivity index (χ3n) is 2.20. The van der Waals surface area contributed by atoms with Crippen LogP contribution in [0.25, 0.3) is 0 Å². The normalized spacial score (nSPS) is 15.5. The van der Waals surface area contributed by atoms with Crippen molar-refractivity contribution < 1.29 is 4.74 Å². The minimum absolute atomic E-state index is 0.831. The molecule has 2 rings (SSSR count). The summed E-state index contributed by atoms with van der Waals surface area (Å²) in [7, 11) is 1.67. The number of amidine groups is 1. The van der Waals surface area contributed by atoms with Crippen molar-refractivity contribution in [1.82, 2.24) is 0 Å². The predicted molar refractivity (Wildman–Crippen MR) is 73.7 cm³/mol. The summed E-state index contributed by atoms with van der Waals surface area (Å²) in [6, 6.07) is 5.89. The molecule has 3 nitrogen and oxygen atoms in total. The van der Waals surface area contributed by atoms with Crippen molar-refractivity contribution >= 4 is 38.5 Å². The van der Waals surface area contributed by atoms with Gasteiger partial charge >= 0.3 is 0 Å². The maximum atomic E-state index is 5.29. The van der Waals surface area contributed by atoms with Gasteiger partial charge in [0.2, 0.25) is 0 Å². The Morgan fingerprint density at radius 2 is 2.38 bits per heavy atom. The second kappa shape index (κ2) is 5.59. The molecule has 1 aromatic carbocycles. The standard InChI is InChI=1S/C11H13BrN2OS/c1-15-10-4-3-8(12)7-9(10)14-11-13-5-2-6-16-11/h3-4,7H,2,5-6H2,1H3,(H,13,14).